The Balaban J connectivity index is 4.70. The van der Waals surface area contributed by atoms with Gasteiger partial charge in [0.15, 0.2) is 0 Å². The van der Waals surface area contributed by atoms with E-state index in [0.29, 0.717) is 12.8 Å². The molecular weight excluding hydrogens is 216 g/mol. The molecule has 98 valence electrons. The average molecular weight is 240 g/mol. The van der Waals surface area contributed by atoms with Crippen LogP contribution in [0, 0.1) is 16.7 Å². The van der Waals surface area contributed by atoms with Gasteiger partial charge in [0.1, 0.15) is 5.41 Å². The van der Waals surface area contributed by atoms with Crippen molar-refractivity contribution in [3.8, 4) is 6.07 Å². The van der Waals surface area contributed by atoms with E-state index in [1.165, 1.54) is 0 Å². The molecule has 0 aromatic heterocycles. The Morgan fingerprint density at radius 3 is 2.00 bits per heavy atom. The van der Waals surface area contributed by atoms with Crippen LogP contribution in [0.4, 0.5) is 0 Å². The smallest absolute Gasteiger partial charge is 0.264 e. The largest absolute Gasteiger partial charge is 0.271 e. The van der Waals surface area contributed by atoms with Crippen molar-refractivity contribution < 1.29 is 9.63 Å². The standard InChI is InChI=1S/C13H24N2O2/c1-6-8-13(10-14,9-7-2)11(16)15-17-12(3,4)5/h6-9H2,1-5H3,(H,15,16). The molecule has 0 radical (unpaired) electrons. The normalized spacial score (nSPS) is 12.0. The number of hydrogen-bond donors (Lipinski definition) is 1. The highest BCUT2D eigenvalue weighted by Gasteiger charge is 2.37. The molecule has 17 heavy (non-hydrogen) atoms. The van der Waals surface area contributed by atoms with Crippen LogP contribution < -0.4 is 5.48 Å². The van der Waals surface area contributed by atoms with E-state index < -0.39 is 11.0 Å². The fourth-order valence-corrected chi connectivity index (χ4v) is 1.67. The number of amides is 1. The topological polar surface area (TPSA) is 62.1 Å². The summed E-state index contributed by atoms with van der Waals surface area (Å²) in [5, 5.41) is 9.27. The van der Waals surface area contributed by atoms with Crippen LogP contribution in [-0.4, -0.2) is 11.5 Å². The van der Waals surface area contributed by atoms with Crippen molar-refractivity contribution in [2.75, 3.05) is 0 Å². The molecule has 4 heteroatoms. The van der Waals surface area contributed by atoms with Crippen molar-refractivity contribution in [1.29, 1.82) is 5.26 Å². The van der Waals surface area contributed by atoms with Crippen LogP contribution >= 0.6 is 0 Å². The second-order valence-electron chi connectivity index (χ2n) is 5.34. The zero-order valence-corrected chi connectivity index (χ0v) is 11.6. The van der Waals surface area contributed by atoms with E-state index in [1.54, 1.807) is 0 Å². The van der Waals surface area contributed by atoms with Crippen molar-refractivity contribution in [1.82, 2.24) is 5.48 Å². The molecule has 1 N–H and O–H groups in total. The minimum Gasteiger partial charge on any atom is -0.271 e. The molecule has 4 nitrogen and oxygen atoms in total. The van der Waals surface area contributed by atoms with E-state index in [2.05, 4.69) is 11.5 Å². The lowest BCUT2D eigenvalue weighted by Gasteiger charge is -2.27. The van der Waals surface area contributed by atoms with Gasteiger partial charge in [-0.25, -0.2) is 5.48 Å². The molecular formula is C13H24N2O2. The molecule has 0 bridgehead atoms. The first kappa shape index (κ1) is 15.9. The predicted molar refractivity (Wildman–Crippen MR) is 66.8 cm³/mol. The van der Waals surface area contributed by atoms with E-state index in [9.17, 15) is 10.1 Å². The van der Waals surface area contributed by atoms with Gasteiger partial charge in [-0.3, -0.25) is 9.63 Å². The number of nitrogens with one attached hydrogen (secondary N) is 1. The Labute approximate surface area is 104 Å². The Morgan fingerprint density at radius 1 is 1.24 bits per heavy atom. The summed E-state index contributed by atoms with van der Waals surface area (Å²) >= 11 is 0. The van der Waals surface area contributed by atoms with Crippen LogP contribution in [0.5, 0.6) is 0 Å². The van der Waals surface area contributed by atoms with Crippen molar-refractivity contribution in [2.24, 2.45) is 5.41 Å². The highest BCUT2D eigenvalue weighted by molar-refractivity contribution is 5.84. The Kier molecular flexibility index (Phi) is 6.19. The lowest BCUT2D eigenvalue weighted by atomic mass is 9.80. The van der Waals surface area contributed by atoms with Crippen LogP contribution in [-0.2, 0) is 9.63 Å². The van der Waals surface area contributed by atoms with E-state index >= 15 is 0 Å². The summed E-state index contributed by atoms with van der Waals surface area (Å²) in [7, 11) is 0. The Hall–Kier alpha value is -1.08. The van der Waals surface area contributed by atoms with Crippen molar-refractivity contribution in [3.63, 3.8) is 0 Å². The Morgan fingerprint density at radius 2 is 1.71 bits per heavy atom. The molecule has 0 saturated heterocycles. The van der Waals surface area contributed by atoms with Crippen LogP contribution in [0.2, 0.25) is 0 Å². The number of hydrogen-bond acceptors (Lipinski definition) is 3. The monoisotopic (exact) mass is 240 g/mol. The first-order valence-electron chi connectivity index (χ1n) is 6.21. The van der Waals surface area contributed by atoms with E-state index in [-0.39, 0.29) is 5.91 Å². The highest BCUT2D eigenvalue weighted by atomic mass is 16.7. The molecule has 0 fully saturated rings. The molecule has 0 aromatic carbocycles. The number of carbonyl (C=O) groups excluding carboxylic acids is 1. The van der Waals surface area contributed by atoms with E-state index in [1.807, 2.05) is 34.6 Å². The van der Waals surface area contributed by atoms with Gasteiger partial charge >= 0.3 is 0 Å². The Bertz CT molecular complexity index is 281. The molecule has 0 aliphatic heterocycles. The van der Waals surface area contributed by atoms with Gasteiger partial charge in [-0.05, 0) is 33.6 Å². The van der Waals surface area contributed by atoms with E-state index in [4.69, 9.17) is 4.84 Å². The van der Waals surface area contributed by atoms with Crippen molar-refractivity contribution >= 4 is 5.91 Å². The minimum absolute atomic E-state index is 0.321. The molecule has 1 amide bonds. The first-order chi connectivity index (χ1) is 7.81. The molecule has 0 aromatic rings. The van der Waals surface area contributed by atoms with Crippen molar-refractivity contribution in [3.05, 3.63) is 0 Å². The number of nitrogens with zero attached hydrogens (tertiary/aromatic N) is 1. The maximum absolute atomic E-state index is 12.1. The lowest BCUT2D eigenvalue weighted by Crippen LogP contribution is -2.43. The van der Waals surface area contributed by atoms with Crippen LogP contribution in [0.15, 0.2) is 0 Å². The molecule has 0 unspecified atom stereocenters. The third-order valence-electron chi connectivity index (χ3n) is 2.45. The zero-order valence-electron chi connectivity index (χ0n) is 11.6. The number of nitriles is 1. The molecule has 0 rings (SSSR count). The predicted octanol–water partition coefficient (Wildman–Crippen LogP) is 2.94. The lowest BCUT2D eigenvalue weighted by molar-refractivity contribution is -0.153. The third kappa shape index (κ3) is 5.18. The summed E-state index contributed by atoms with van der Waals surface area (Å²) in [6.07, 6.45) is 2.74. The van der Waals surface area contributed by atoms with Gasteiger partial charge in [0.2, 0.25) is 0 Å². The fourth-order valence-electron chi connectivity index (χ4n) is 1.67. The van der Waals surface area contributed by atoms with Crippen LogP contribution in [0.25, 0.3) is 0 Å². The second-order valence-corrected chi connectivity index (χ2v) is 5.34. The minimum atomic E-state index is -0.950. The maximum Gasteiger partial charge on any atom is 0.264 e. The number of hydroxylamine groups is 1. The van der Waals surface area contributed by atoms with Gasteiger partial charge in [0.25, 0.3) is 5.91 Å². The summed E-state index contributed by atoms with van der Waals surface area (Å²) in [5.41, 5.74) is 1.02. The molecule has 0 aliphatic rings. The van der Waals surface area contributed by atoms with Gasteiger partial charge < -0.3 is 0 Å². The maximum atomic E-state index is 12.1. The molecule has 0 saturated carbocycles. The van der Waals surface area contributed by atoms with Gasteiger partial charge in [0.05, 0.1) is 11.7 Å². The van der Waals surface area contributed by atoms with Crippen LogP contribution in [0.3, 0.4) is 0 Å². The van der Waals surface area contributed by atoms with Gasteiger partial charge in [0, 0.05) is 0 Å². The SMILES string of the molecule is CCCC(C#N)(CCC)C(=O)NOC(C)(C)C. The first-order valence-corrected chi connectivity index (χ1v) is 6.21. The molecule has 0 atom stereocenters. The summed E-state index contributed by atoms with van der Waals surface area (Å²) in [5.74, 6) is -0.321. The van der Waals surface area contributed by atoms with Gasteiger partial charge in [-0.15, -0.1) is 0 Å². The molecule has 0 heterocycles. The zero-order chi connectivity index (χ0) is 13.5. The van der Waals surface area contributed by atoms with Crippen LogP contribution in [0.1, 0.15) is 60.3 Å². The number of rotatable bonds is 6. The second kappa shape index (κ2) is 6.61. The van der Waals surface area contributed by atoms with E-state index in [0.717, 1.165) is 12.8 Å². The quantitative estimate of drug-likeness (QED) is 0.726. The average Bonchev–Trinajstić information content (AvgIpc) is 2.24. The van der Waals surface area contributed by atoms with Crippen molar-refractivity contribution in [2.45, 2.75) is 65.9 Å². The third-order valence-corrected chi connectivity index (χ3v) is 2.45. The number of carbonyl (C=O) groups is 1. The molecule has 0 spiro atoms. The van der Waals surface area contributed by atoms with Gasteiger partial charge in [-0.2, -0.15) is 5.26 Å². The summed E-state index contributed by atoms with van der Waals surface area (Å²) in [4.78, 5) is 17.3. The fraction of sp³-hybridized carbons (Fsp3) is 0.846. The highest BCUT2D eigenvalue weighted by Crippen LogP contribution is 2.29. The van der Waals surface area contributed by atoms with Gasteiger partial charge in [-0.1, -0.05) is 26.7 Å². The molecule has 0 aliphatic carbocycles. The summed E-state index contributed by atoms with van der Waals surface area (Å²) in [6, 6.07) is 2.16. The summed E-state index contributed by atoms with van der Waals surface area (Å²) < 4.78 is 0. The summed E-state index contributed by atoms with van der Waals surface area (Å²) in [6.45, 7) is 9.49.